The maximum Gasteiger partial charge on any atom is 0.342 e. The van der Waals surface area contributed by atoms with Gasteiger partial charge in [0.25, 0.3) is 11.8 Å². The molecule has 0 unspecified atom stereocenters. The van der Waals surface area contributed by atoms with Crippen LogP contribution in [0.5, 0.6) is 5.75 Å². The summed E-state index contributed by atoms with van der Waals surface area (Å²) in [6.07, 6.45) is -1.12. The van der Waals surface area contributed by atoms with Gasteiger partial charge in [-0.3, -0.25) is 9.59 Å². The van der Waals surface area contributed by atoms with Gasteiger partial charge in [-0.25, -0.2) is 4.79 Å². The van der Waals surface area contributed by atoms with Crippen molar-refractivity contribution in [3.05, 3.63) is 46.3 Å². The molecular formula is C16H16N2O5S. The molecule has 7 nitrogen and oxygen atoms in total. The second-order valence-electron chi connectivity index (χ2n) is 5.04. The van der Waals surface area contributed by atoms with E-state index in [1.54, 1.807) is 24.4 Å². The number of ether oxygens (including phenoxy) is 1. The Balaban J connectivity index is 2.06. The van der Waals surface area contributed by atoms with Crippen molar-refractivity contribution >= 4 is 34.1 Å². The van der Waals surface area contributed by atoms with Gasteiger partial charge in [-0.2, -0.15) is 0 Å². The van der Waals surface area contributed by atoms with Gasteiger partial charge in [-0.15, -0.1) is 11.3 Å². The molecule has 0 radical (unpaired) electrons. The number of benzene rings is 1. The van der Waals surface area contributed by atoms with E-state index in [1.807, 2.05) is 0 Å². The van der Waals surface area contributed by atoms with Crippen LogP contribution in [0.25, 0.3) is 0 Å². The number of para-hydroxylation sites is 1. The van der Waals surface area contributed by atoms with Crippen molar-refractivity contribution in [2.75, 3.05) is 5.32 Å². The zero-order valence-corrected chi connectivity index (χ0v) is 13.8. The number of rotatable bonds is 5. The van der Waals surface area contributed by atoms with Crippen molar-refractivity contribution in [1.29, 1.82) is 0 Å². The third-order valence-electron chi connectivity index (χ3n) is 3.28. The molecule has 24 heavy (non-hydrogen) atoms. The van der Waals surface area contributed by atoms with E-state index in [2.05, 4.69) is 5.32 Å². The standard InChI is InChI=1S/C16H16N2O5S/c1-8-4-3-5-10(12(8)19)16(22)23-9(2)14(21)18-15-11(13(17)20)6-7-24-15/h3-7,9,19H,1-2H3,(H2,17,20)(H,18,21)/t9-/m0/s1. The summed E-state index contributed by atoms with van der Waals surface area (Å²) in [6, 6.07) is 6.13. The molecule has 8 heteroatoms. The smallest absolute Gasteiger partial charge is 0.342 e. The molecule has 4 N–H and O–H groups in total. The van der Waals surface area contributed by atoms with E-state index < -0.39 is 23.9 Å². The second-order valence-corrected chi connectivity index (χ2v) is 5.95. The number of anilines is 1. The largest absolute Gasteiger partial charge is 0.507 e. The Bertz CT molecular complexity index is 800. The number of carbonyl (C=O) groups excluding carboxylic acids is 3. The molecule has 0 aliphatic heterocycles. The summed E-state index contributed by atoms with van der Waals surface area (Å²) >= 11 is 1.13. The number of aromatic hydroxyl groups is 1. The second kappa shape index (κ2) is 7.14. The van der Waals surface area contributed by atoms with Crippen LogP contribution in [0.1, 0.15) is 33.2 Å². The lowest BCUT2D eigenvalue weighted by molar-refractivity contribution is -0.123. The van der Waals surface area contributed by atoms with E-state index in [1.165, 1.54) is 19.1 Å². The molecule has 1 heterocycles. The maximum atomic E-state index is 12.1. The number of hydrogen-bond acceptors (Lipinski definition) is 6. The third kappa shape index (κ3) is 3.72. The van der Waals surface area contributed by atoms with Crippen LogP contribution in [-0.4, -0.2) is 29.0 Å². The predicted molar refractivity (Wildman–Crippen MR) is 89.2 cm³/mol. The summed E-state index contributed by atoms with van der Waals surface area (Å²) in [6.45, 7) is 3.03. The monoisotopic (exact) mass is 348 g/mol. The van der Waals surface area contributed by atoms with Crippen molar-refractivity contribution in [1.82, 2.24) is 0 Å². The van der Waals surface area contributed by atoms with Crippen molar-refractivity contribution in [3.8, 4) is 5.75 Å². The first-order valence-corrected chi connectivity index (χ1v) is 7.87. The van der Waals surface area contributed by atoms with Gasteiger partial charge in [0, 0.05) is 0 Å². The van der Waals surface area contributed by atoms with Crippen LogP contribution in [0, 0.1) is 6.92 Å². The summed E-state index contributed by atoms with van der Waals surface area (Å²) < 4.78 is 5.06. The molecule has 0 spiro atoms. The van der Waals surface area contributed by atoms with Crippen LogP contribution in [0.2, 0.25) is 0 Å². The molecule has 2 amide bonds. The molecular weight excluding hydrogens is 332 g/mol. The quantitative estimate of drug-likeness (QED) is 0.715. The number of hydrogen-bond donors (Lipinski definition) is 3. The van der Waals surface area contributed by atoms with Gasteiger partial charge in [0.1, 0.15) is 16.3 Å². The zero-order chi connectivity index (χ0) is 17.9. The van der Waals surface area contributed by atoms with Gasteiger partial charge in [0.2, 0.25) is 0 Å². The maximum absolute atomic E-state index is 12.1. The summed E-state index contributed by atoms with van der Waals surface area (Å²) in [5, 5.41) is 14.3. The average molecular weight is 348 g/mol. The first-order chi connectivity index (χ1) is 11.3. The molecule has 0 saturated carbocycles. The van der Waals surface area contributed by atoms with E-state index >= 15 is 0 Å². The number of amides is 2. The lowest BCUT2D eigenvalue weighted by atomic mass is 10.1. The molecule has 0 saturated heterocycles. The third-order valence-corrected chi connectivity index (χ3v) is 4.11. The van der Waals surface area contributed by atoms with Gasteiger partial charge in [-0.05, 0) is 36.9 Å². The minimum absolute atomic E-state index is 0.0244. The van der Waals surface area contributed by atoms with Crippen molar-refractivity contribution < 1.29 is 24.2 Å². The number of phenols is 1. The number of nitrogens with one attached hydrogen (secondary N) is 1. The van der Waals surface area contributed by atoms with Crippen LogP contribution in [0.4, 0.5) is 5.00 Å². The first-order valence-electron chi connectivity index (χ1n) is 6.99. The Kier molecular flexibility index (Phi) is 5.20. The normalized spacial score (nSPS) is 11.6. The number of primary amides is 1. The number of phenolic OH excluding ortho intramolecular Hbond substituents is 1. The SMILES string of the molecule is Cc1cccc(C(=O)O[C@@H](C)C(=O)Nc2sccc2C(N)=O)c1O. The summed E-state index contributed by atoms with van der Waals surface area (Å²) in [5.41, 5.74) is 5.88. The molecule has 2 aromatic rings. The van der Waals surface area contributed by atoms with Gasteiger partial charge < -0.3 is 20.9 Å². The Morgan fingerprint density at radius 1 is 1.25 bits per heavy atom. The molecule has 0 aliphatic rings. The number of nitrogens with two attached hydrogens (primary N) is 1. The fourth-order valence-electron chi connectivity index (χ4n) is 1.91. The van der Waals surface area contributed by atoms with Crippen LogP contribution >= 0.6 is 11.3 Å². The van der Waals surface area contributed by atoms with Crippen LogP contribution in [0.15, 0.2) is 29.6 Å². The summed E-state index contributed by atoms with van der Waals surface area (Å²) in [7, 11) is 0. The molecule has 0 aliphatic carbocycles. The van der Waals surface area contributed by atoms with Crippen LogP contribution in [0.3, 0.4) is 0 Å². The molecule has 1 atom stereocenters. The van der Waals surface area contributed by atoms with Gasteiger partial charge in [-0.1, -0.05) is 12.1 Å². The highest BCUT2D eigenvalue weighted by atomic mass is 32.1. The zero-order valence-electron chi connectivity index (χ0n) is 13.0. The highest BCUT2D eigenvalue weighted by Gasteiger charge is 2.23. The highest BCUT2D eigenvalue weighted by Crippen LogP contribution is 2.24. The molecule has 1 aromatic heterocycles. The Morgan fingerprint density at radius 2 is 1.96 bits per heavy atom. The van der Waals surface area contributed by atoms with Gasteiger partial charge in [0.05, 0.1) is 5.56 Å². The summed E-state index contributed by atoms with van der Waals surface area (Å²) in [4.78, 5) is 35.4. The summed E-state index contributed by atoms with van der Waals surface area (Å²) in [5.74, 6) is -2.29. The fourth-order valence-corrected chi connectivity index (χ4v) is 2.71. The highest BCUT2D eigenvalue weighted by molar-refractivity contribution is 7.14. The van der Waals surface area contributed by atoms with Crippen LogP contribution in [-0.2, 0) is 9.53 Å². The molecule has 0 bridgehead atoms. The van der Waals surface area contributed by atoms with Gasteiger partial charge in [0.15, 0.2) is 6.10 Å². The topological polar surface area (TPSA) is 119 Å². The minimum atomic E-state index is -1.12. The lowest BCUT2D eigenvalue weighted by Crippen LogP contribution is -2.30. The van der Waals surface area contributed by atoms with Crippen LogP contribution < -0.4 is 11.1 Å². The van der Waals surface area contributed by atoms with E-state index in [0.29, 0.717) is 5.56 Å². The average Bonchev–Trinajstić information content (AvgIpc) is 2.98. The molecule has 2 rings (SSSR count). The van der Waals surface area contributed by atoms with Crippen molar-refractivity contribution in [2.45, 2.75) is 20.0 Å². The van der Waals surface area contributed by atoms with Gasteiger partial charge >= 0.3 is 5.97 Å². The number of thiophene rings is 1. The number of esters is 1. The lowest BCUT2D eigenvalue weighted by Gasteiger charge is -2.14. The molecule has 126 valence electrons. The molecule has 0 fully saturated rings. The number of aryl methyl sites for hydroxylation is 1. The Morgan fingerprint density at radius 3 is 2.62 bits per heavy atom. The fraction of sp³-hybridized carbons (Fsp3) is 0.188. The Labute approximate surface area is 142 Å². The van der Waals surface area contributed by atoms with E-state index in [9.17, 15) is 19.5 Å². The number of carbonyl (C=O) groups is 3. The molecule has 1 aromatic carbocycles. The van der Waals surface area contributed by atoms with Crippen molar-refractivity contribution in [3.63, 3.8) is 0 Å². The van der Waals surface area contributed by atoms with E-state index in [4.69, 9.17) is 10.5 Å². The Hall–Kier alpha value is -2.87. The predicted octanol–water partition coefficient (Wildman–Crippen LogP) is 2.05. The van der Waals surface area contributed by atoms with E-state index in [-0.39, 0.29) is 21.9 Å². The van der Waals surface area contributed by atoms with E-state index in [0.717, 1.165) is 11.3 Å². The van der Waals surface area contributed by atoms with Crippen molar-refractivity contribution in [2.24, 2.45) is 5.73 Å². The first kappa shape index (κ1) is 17.5. The minimum Gasteiger partial charge on any atom is -0.507 e.